The highest BCUT2D eigenvalue weighted by Crippen LogP contribution is 2.13. The fourth-order valence-electron chi connectivity index (χ4n) is 2.05. The van der Waals surface area contributed by atoms with Crippen molar-refractivity contribution in [2.24, 2.45) is 0 Å². The Morgan fingerprint density at radius 3 is 2.32 bits per heavy atom. The molecule has 0 fully saturated rings. The highest BCUT2D eigenvalue weighted by molar-refractivity contribution is 6.99. The molecule has 5 heteroatoms. The zero-order chi connectivity index (χ0) is 16.4. The summed E-state index contributed by atoms with van der Waals surface area (Å²) in [5.41, 5.74) is 4.43. The number of hydrogen-bond donors (Lipinski definition) is 0. The number of hydrogen-bond acceptors (Lipinski definition) is 4. The van der Waals surface area contributed by atoms with Crippen molar-refractivity contribution in [1.82, 2.24) is 0 Å². The SMILES string of the molecule is C=C[Si](C=C)(CC)c1ccc(C(=O)OO[CH]COCC)cc1. The summed E-state index contributed by atoms with van der Waals surface area (Å²) in [5.74, 6) is -0.541. The minimum atomic E-state index is -1.87. The third-order valence-electron chi connectivity index (χ3n) is 3.55. The summed E-state index contributed by atoms with van der Waals surface area (Å²) in [6.07, 6.45) is 0. The molecule has 0 aliphatic rings. The van der Waals surface area contributed by atoms with E-state index in [-0.39, 0.29) is 6.61 Å². The van der Waals surface area contributed by atoms with Crippen LogP contribution in [0.5, 0.6) is 0 Å². The zero-order valence-electron chi connectivity index (χ0n) is 13.2. The van der Waals surface area contributed by atoms with Gasteiger partial charge in [-0.15, -0.1) is 13.2 Å². The van der Waals surface area contributed by atoms with Crippen LogP contribution in [-0.4, -0.2) is 27.3 Å². The molecule has 0 spiro atoms. The topological polar surface area (TPSA) is 44.8 Å². The summed E-state index contributed by atoms with van der Waals surface area (Å²) in [5, 5.41) is 1.17. The molecule has 22 heavy (non-hydrogen) atoms. The fraction of sp³-hybridized carbons (Fsp3) is 0.294. The van der Waals surface area contributed by atoms with E-state index in [1.807, 2.05) is 30.5 Å². The molecule has 0 unspecified atom stereocenters. The van der Waals surface area contributed by atoms with Crippen molar-refractivity contribution >= 4 is 19.2 Å². The van der Waals surface area contributed by atoms with Crippen LogP contribution >= 0.6 is 0 Å². The smallest absolute Gasteiger partial charge is 0.373 e. The third kappa shape index (κ3) is 4.66. The Morgan fingerprint density at radius 2 is 1.82 bits per heavy atom. The monoisotopic (exact) mass is 319 g/mol. The van der Waals surface area contributed by atoms with E-state index in [1.54, 1.807) is 12.1 Å². The van der Waals surface area contributed by atoms with Gasteiger partial charge in [0.15, 0.2) is 6.61 Å². The highest BCUT2D eigenvalue weighted by Gasteiger charge is 2.26. The number of carbonyl (C=O) groups is 1. The lowest BCUT2D eigenvalue weighted by Gasteiger charge is -2.23. The van der Waals surface area contributed by atoms with Gasteiger partial charge in [-0.25, -0.2) is 4.79 Å². The fourth-order valence-corrected chi connectivity index (χ4v) is 4.46. The van der Waals surface area contributed by atoms with Gasteiger partial charge in [0.05, 0.1) is 12.2 Å². The molecule has 1 aromatic rings. The van der Waals surface area contributed by atoms with Crippen LogP contribution in [0.25, 0.3) is 0 Å². The van der Waals surface area contributed by atoms with Crippen molar-refractivity contribution in [3.05, 3.63) is 61.0 Å². The molecule has 1 rings (SSSR count). The number of ether oxygens (including phenoxy) is 1. The van der Waals surface area contributed by atoms with Crippen molar-refractivity contribution in [2.75, 3.05) is 13.2 Å². The summed E-state index contributed by atoms with van der Waals surface area (Å²) >= 11 is 0. The normalized spacial score (nSPS) is 11.0. The molecule has 0 N–H and O–H groups in total. The van der Waals surface area contributed by atoms with Gasteiger partial charge in [-0.1, -0.05) is 35.6 Å². The highest BCUT2D eigenvalue weighted by atomic mass is 28.3. The quantitative estimate of drug-likeness (QED) is 0.288. The second-order valence-corrected chi connectivity index (χ2v) is 8.85. The van der Waals surface area contributed by atoms with E-state index in [1.165, 1.54) is 11.8 Å². The maximum atomic E-state index is 11.8. The van der Waals surface area contributed by atoms with Crippen LogP contribution in [0.15, 0.2) is 48.8 Å². The Kier molecular flexibility index (Phi) is 7.80. The van der Waals surface area contributed by atoms with Crippen molar-refractivity contribution in [1.29, 1.82) is 0 Å². The Morgan fingerprint density at radius 1 is 1.18 bits per heavy atom. The van der Waals surface area contributed by atoms with Gasteiger partial charge < -0.3 is 4.74 Å². The maximum absolute atomic E-state index is 11.8. The second kappa shape index (κ2) is 9.35. The minimum absolute atomic E-state index is 0.270. The number of carbonyl (C=O) groups excluding carboxylic acids is 1. The Hall–Kier alpha value is -1.69. The first-order valence-electron chi connectivity index (χ1n) is 7.28. The van der Waals surface area contributed by atoms with Crippen LogP contribution in [0, 0.1) is 6.61 Å². The van der Waals surface area contributed by atoms with E-state index >= 15 is 0 Å². The molecule has 0 aliphatic carbocycles. The van der Waals surface area contributed by atoms with Crippen molar-refractivity contribution < 1.29 is 19.3 Å². The van der Waals surface area contributed by atoms with E-state index in [0.29, 0.717) is 12.2 Å². The summed E-state index contributed by atoms with van der Waals surface area (Å²) in [7, 11) is -1.87. The molecule has 0 aromatic heterocycles. The van der Waals surface area contributed by atoms with Gasteiger partial charge in [0, 0.05) is 6.61 Å². The van der Waals surface area contributed by atoms with Crippen LogP contribution in [0.3, 0.4) is 0 Å². The van der Waals surface area contributed by atoms with Crippen LogP contribution in [0.2, 0.25) is 6.04 Å². The molecule has 1 radical (unpaired) electrons. The molecule has 0 bridgehead atoms. The lowest BCUT2D eigenvalue weighted by atomic mass is 10.2. The van der Waals surface area contributed by atoms with Crippen molar-refractivity contribution in [2.45, 2.75) is 19.9 Å². The third-order valence-corrected chi connectivity index (χ3v) is 7.59. The first-order chi connectivity index (χ1) is 10.6. The van der Waals surface area contributed by atoms with Crippen LogP contribution < -0.4 is 5.19 Å². The van der Waals surface area contributed by atoms with E-state index in [2.05, 4.69) is 29.9 Å². The Bertz CT molecular complexity index is 488. The first-order valence-corrected chi connectivity index (χ1v) is 9.64. The van der Waals surface area contributed by atoms with E-state index in [4.69, 9.17) is 4.74 Å². The van der Waals surface area contributed by atoms with Gasteiger partial charge in [-0.2, -0.15) is 4.89 Å². The number of benzene rings is 1. The molecule has 0 aliphatic heterocycles. The molecule has 0 heterocycles. The molecule has 119 valence electrons. The Labute approximate surface area is 133 Å². The van der Waals surface area contributed by atoms with Crippen molar-refractivity contribution in [3.63, 3.8) is 0 Å². The molecule has 1 aromatic carbocycles. The predicted octanol–water partition coefficient (Wildman–Crippen LogP) is 3.10. The van der Waals surface area contributed by atoms with E-state index in [9.17, 15) is 4.79 Å². The summed E-state index contributed by atoms with van der Waals surface area (Å²) < 4.78 is 5.03. The average molecular weight is 319 g/mol. The molecule has 0 atom stereocenters. The van der Waals surface area contributed by atoms with Gasteiger partial charge in [0.1, 0.15) is 8.07 Å². The van der Waals surface area contributed by atoms with Crippen molar-refractivity contribution in [3.8, 4) is 0 Å². The summed E-state index contributed by atoms with van der Waals surface area (Å²) in [4.78, 5) is 21.2. The number of rotatable bonds is 10. The lowest BCUT2D eigenvalue weighted by Crippen LogP contribution is -2.43. The zero-order valence-corrected chi connectivity index (χ0v) is 14.2. The van der Waals surface area contributed by atoms with Crippen LogP contribution in [0.4, 0.5) is 0 Å². The molecule has 4 nitrogen and oxygen atoms in total. The maximum Gasteiger partial charge on any atom is 0.373 e. The molecule has 0 amide bonds. The minimum Gasteiger partial charge on any atom is -0.379 e. The van der Waals surface area contributed by atoms with Crippen LogP contribution in [0.1, 0.15) is 24.2 Å². The standard InChI is InChI=1S/C17H23O4Si/c1-5-19-13-14-20-21-17(18)15-9-11-16(12-10-15)22(6-2,7-3)8-4/h6-7,9-12,14H,2-3,5,8,13H2,1,4H3. The van der Waals surface area contributed by atoms with Gasteiger partial charge >= 0.3 is 5.97 Å². The summed E-state index contributed by atoms with van der Waals surface area (Å²) in [6, 6.07) is 8.31. The average Bonchev–Trinajstić information content (AvgIpc) is 2.57. The van der Waals surface area contributed by atoms with E-state index < -0.39 is 14.0 Å². The van der Waals surface area contributed by atoms with E-state index in [0.717, 1.165) is 6.04 Å². The van der Waals surface area contributed by atoms with Gasteiger partial charge in [-0.05, 0) is 25.1 Å². The molecular weight excluding hydrogens is 296 g/mol. The van der Waals surface area contributed by atoms with Gasteiger partial charge in [0.2, 0.25) is 0 Å². The lowest BCUT2D eigenvalue weighted by molar-refractivity contribution is -0.218. The summed E-state index contributed by atoms with van der Waals surface area (Å²) in [6.45, 7) is 14.0. The van der Waals surface area contributed by atoms with Gasteiger partial charge in [-0.3, -0.25) is 4.89 Å². The molecule has 0 saturated heterocycles. The first kappa shape index (κ1) is 18.4. The molecule has 0 saturated carbocycles. The predicted molar refractivity (Wildman–Crippen MR) is 90.0 cm³/mol. The Balaban J connectivity index is 2.66. The molecular formula is C17H23O4Si. The largest absolute Gasteiger partial charge is 0.379 e. The van der Waals surface area contributed by atoms with Crippen LogP contribution in [-0.2, 0) is 14.5 Å². The second-order valence-electron chi connectivity index (χ2n) is 4.67. The van der Waals surface area contributed by atoms with Gasteiger partial charge in [0.25, 0.3) is 0 Å².